The summed E-state index contributed by atoms with van der Waals surface area (Å²) in [7, 11) is 0. The Balaban J connectivity index is 2.26. The minimum atomic E-state index is 0.375. The van der Waals surface area contributed by atoms with Crippen molar-refractivity contribution in [2.75, 3.05) is 19.6 Å². The highest BCUT2D eigenvalue weighted by Crippen LogP contribution is 2.12. The molecule has 0 saturated carbocycles. The minimum absolute atomic E-state index is 0.375. The van der Waals surface area contributed by atoms with Gasteiger partial charge in [-0.15, -0.1) is 0 Å². The van der Waals surface area contributed by atoms with E-state index in [-0.39, 0.29) is 0 Å². The number of hydrogen-bond acceptors (Lipinski definition) is 2. The smallest absolute Gasteiger partial charge is 0.0434 e. The van der Waals surface area contributed by atoms with Crippen LogP contribution in [0.25, 0.3) is 0 Å². The first-order valence-electron chi connectivity index (χ1n) is 4.15. The van der Waals surface area contributed by atoms with Gasteiger partial charge in [-0.2, -0.15) is 0 Å². The molecule has 1 fully saturated rings. The first-order chi connectivity index (χ1) is 5.72. The van der Waals surface area contributed by atoms with E-state index in [0.29, 0.717) is 11.1 Å². The van der Waals surface area contributed by atoms with Crippen LogP contribution in [0.5, 0.6) is 0 Å². The van der Waals surface area contributed by atoms with Crippen LogP contribution < -0.4 is 5.73 Å². The minimum Gasteiger partial charge on any atom is -0.328 e. The van der Waals surface area contributed by atoms with Gasteiger partial charge in [0.1, 0.15) is 0 Å². The van der Waals surface area contributed by atoms with Crippen LogP contribution in [0.1, 0.15) is 12.8 Å². The summed E-state index contributed by atoms with van der Waals surface area (Å²) in [5.74, 6) is 0. The van der Waals surface area contributed by atoms with E-state index >= 15 is 0 Å². The van der Waals surface area contributed by atoms with Crippen molar-refractivity contribution in [1.29, 1.82) is 0 Å². The Morgan fingerprint density at radius 2 is 2.08 bits per heavy atom. The molecule has 70 valence electrons. The highest BCUT2D eigenvalue weighted by molar-refractivity contribution is 6.36. The zero-order valence-electron chi connectivity index (χ0n) is 6.97. The molecule has 4 heteroatoms. The quantitative estimate of drug-likeness (QED) is 0.750. The lowest BCUT2D eigenvalue weighted by Gasteiger charge is -2.29. The van der Waals surface area contributed by atoms with E-state index < -0.39 is 0 Å². The van der Waals surface area contributed by atoms with Crippen LogP contribution in [-0.2, 0) is 0 Å². The van der Waals surface area contributed by atoms with Gasteiger partial charge in [0.15, 0.2) is 0 Å². The number of rotatable bonds is 2. The average Bonchev–Trinajstić information content (AvgIpc) is 2.09. The molecule has 0 atom stereocenters. The Morgan fingerprint density at radius 1 is 1.50 bits per heavy atom. The summed E-state index contributed by atoms with van der Waals surface area (Å²) >= 11 is 11.2. The lowest BCUT2D eigenvalue weighted by atomic mass is 10.1. The molecule has 0 aromatic rings. The van der Waals surface area contributed by atoms with E-state index in [1.807, 2.05) is 0 Å². The number of nitrogens with two attached hydrogens (primary N) is 1. The molecule has 12 heavy (non-hydrogen) atoms. The van der Waals surface area contributed by atoms with Crippen LogP contribution in [0.4, 0.5) is 0 Å². The first-order valence-corrected chi connectivity index (χ1v) is 4.96. The molecule has 0 amide bonds. The number of halogens is 2. The first kappa shape index (κ1) is 10.3. The highest BCUT2D eigenvalue weighted by atomic mass is 35.5. The number of hydrogen-bond donors (Lipinski definition) is 1. The molecule has 2 N–H and O–H groups in total. The molecule has 0 unspecified atom stereocenters. The lowest BCUT2D eigenvalue weighted by molar-refractivity contribution is 0.232. The van der Waals surface area contributed by atoms with Crippen molar-refractivity contribution < 1.29 is 0 Å². The van der Waals surface area contributed by atoms with E-state index in [1.165, 1.54) is 5.54 Å². The summed E-state index contributed by atoms with van der Waals surface area (Å²) in [6, 6.07) is 0.375. The van der Waals surface area contributed by atoms with Crippen LogP contribution in [0.15, 0.2) is 10.6 Å². The third-order valence-corrected chi connectivity index (χ3v) is 2.73. The van der Waals surface area contributed by atoms with Crippen molar-refractivity contribution in [2.45, 2.75) is 18.9 Å². The Kier molecular flexibility index (Phi) is 4.36. The van der Waals surface area contributed by atoms with Crippen molar-refractivity contribution >= 4 is 23.2 Å². The van der Waals surface area contributed by atoms with Gasteiger partial charge < -0.3 is 5.73 Å². The molecule has 0 aromatic heterocycles. The van der Waals surface area contributed by atoms with Crippen molar-refractivity contribution in [1.82, 2.24) is 4.90 Å². The standard InChI is InChI=1S/C8H14Cl2N2/c9-5-7(10)6-12-3-1-8(11)2-4-12/h5,8H,1-4,6,11H2/b7-5-. The van der Waals surface area contributed by atoms with E-state index in [1.54, 1.807) is 0 Å². The normalized spacial score (nSPS) is 23.1. The lowest BCUT2D eigenvalue weighted by Crippen LogP contribution is -2.40. The molecule has 0 bridgehead atoms. The Morgan fingerprint density at radius 3 is 2.58 bits per heavy atom. The number of likely N-dealkylation sites (tertiary alicyclic amines) is 1. The largest absolute Gasteiger partial charge is 0.328 e. The number of piperidine rings is 1. The van der Waals surface area contributed by atoms with Crippen LogP contribution in [0.3, 0.4) is 0 Å². The molecular weight excluding hydrogens is 195 g/mol. The molecule has 1 aliphatic heterocycles. The van der Waals surface area contributed by atoms with E-state index in [4.69, 9.17) is 28.9 Å². The van der Waals surface area contributed by atoms with Crippen molar-refractivity contribution in [2.24, 2.45) is 5.73 Å². The van der Waals surface area contributed by atoms with Gasteiger partial charge in [0.25, 0.3) is 0 Å². The fourth-order valence-electron chi connectivity index (χ4n) is 1.36. The van der Waals surface area contributed by atoms with Crippen molar-refractivity contribution in [3.05, 3.63) is 10.6 Å². The summed E-state index contributed by atoms with van der Waals surface area (Å²) in [5, 5.41) is 0.701. The van der Waals surface area contributed by atoms with Gasteiger partial charge in [0.05, 0.1) is 0 Å². The summed E-state index contributed by atoms with van der Waals surface area (Å²) in [4.78, 5) is 2.27. The van der Waals surface area contributed by atoms with E-state index in [0.717, 1.165) is 32.5 Å². The second-order valence-corrected chi connectivity index (χ2v) is 3.87. The second-order valence-electron chi connectivity index (χ2n) is 3.17. The summed E-state index contributed by atoms with van der Waals surface area (Å²) in [6.07, 6.45) is 2.12. The highest BCUT2D eigenvalue weighted by Gasteiger charge is 2.15. The zero-order valence-corrected chi connectivity index (χ0v) is 8.48. The zero-order chi connectivity index (χ0) is 8.97. The molecule has 0 radical (unpaired) electrons. The predicted octanol–water partition coefficient (Wildman–Crippen LogP) is 1.73. The summed E-state index contributed by atoms with van der Waals surface area (Å²) in [6.45, 7) is 2.82. The predicted molar refractivity (Wildman–Crippen MR) is 53.4 cm³/mol. The molecule has 2 nitrogen and oxygen atoms in total. The maximum absolute atomic E-state index is 5.79. The molecular formula is C8H14Cl2N2. The molecule has 0 spiro atoms. The van der Waals surface area contributed by atoms with Crippen LogP contribution >= 0.6 is 23.2 Å². The maximum atomic E-state index is 5.79. The van der Waals surface area contributed by atoms with Crippen molar-refractivity contribution in [3.63, 3.8) is 0 Å². The van der Waals surface area contributed by atoms with Gasteiger partial charge in [0, 0.05) is 23.2 Å². The molecule has 1 heterocycles. The Labute approximate surface area is 83.3 Å². The molecule has 1 saturated heterocycles. The summed E-state index contributed by atoms with van der Waals surface area (Å²) in [5.41, 5.74) is 7.19. The fourth-order valence-corrected chi connectivity index (χ4v) is 1.60. The van der Waals surface area contributed by atoms with Crippen LogP contribution in [0, 0.1) is 0 Å². The Hall–Kier alpha value is 0.240. The summed E-state index contributed by atoms with van der Waals surface area (Å²) < 4.78 is 0. The second kappa shape index (κ2) is 5.07. The van der Waals surface area contributed by atoms with Crippen LogP contribution in [-0.4, -0.2) is 30.6 Å². The fraction of sp³-hybridized carbons (Fsp3) is 0.750. The average molecular weight is 209 g/mol. The van der Waals surface area contributed by atoms with Gasteiger partial charge in [-0.3, -0.25) is 4.90 Å². The third-order valence-electron chi connectivity index (χ3n) is 2.13. The third kappa shape index (κ3) is 3.31. The van der Waals surface area contributed by atoms with Crippen molar-refractivity contribution in [3.8, 4) is 0 Å². The van der Waals surface area contributed by atoms with Gasteiger partial charge >= 0.3 is 0 Å². The maximum Gasteiger partial charge on any atom is 0.0434 e. The van der Waals surface area contributed by atoms with E-state index in [2.05, 4.69) is 4.90 Å². The topological polar surface area (TPSA) is 29.3 Å². The SMILES string of the molecule is NC1CCN(C/C(Cl)=C/Cl)CC1. The molecule has 0 aliphatic carbocycles. The van der Waals surface area contributed by atoms with Gasteiger partial charge in [-0.25, -0.2) is 0 Å². The van der Waals surface area contributed by atoms with Gasteiger partial charge in [-0.1, -0.05) is 23.2 Å². The van der Waals surface area contributed by atoms with E-state index in [9.17, 15) is 0 Å². The van der Waals surface area contributed by atoms with Gasteiger partial charge in [-0.05, 0) is 25.9 Å². The monoisotopic (exact) mass is 208 g/mol. The van der Waals surface area contributed by atoms with Gasteiger partial charge in [0.2, 0.25) is 0 Å². The molecule has 1 aliphatic rings. The Bertz CT molecular complexity index is 162. The molecule has 1 rings (SSSR count). The number of nitrogens with zero attached hydrogens (tertiary/aromatic N) is 1. The van der Waals surface area contributed by atoms with Crippen LogP contribution in [0.2, 0.25) is 0 Å². The molecule has 0 aromatic carbocycles.